The Kier molecular flexibility index (Phi) is 6.72. The van der Waals surface area contributed by atoms with Gasteiger partial charge in [-0.1, -0.05) is 40.5 Å². The van der Waals surface area contributed by atoms with Gasteiger partial charge in [-0.3, -0.25) is 4.90 Å². The van der Waals surface area contributed by atoms with E-state index in [2.05, 4.69) is 54.7 Å². The highest BCUT2D eigenvalue weighted by Gasteiger charge is 2.32. The van der Waals surface area contributed by atoms with Gasteiger partial charge in [-0.2, -0.15) is 11.3 Å². The Morgan fingerprint density at radius 2 is 2.05 bits per heavy atom. The summed E-state index contributed by atoms with van der Waals surface area (Å²) in [5, 5.41) is 8.31. The molecule has 1 aromatic rings. The number of nitrogens with one attached hydrogen (secondary N) is 1. The van der Waals surface area contributed by atoms with Crippen molar-refractivity contribution in [3.63, 3.8) is 0 Å². The standard InChI is InChI=1S/C18H32N2S/c1-5-14(3)17-12-20(9-7-16-8-10-21-13-16)18(11-19-17)15(4)6-2/h8,10,13-15,17-19H,5-7,9,11-12H2,1-4H3. The Bertz CT molecular complexity index is 390. The first kappa shape index (κ1) is 17.0. The molecular formula is C18H32N2S. The van der Waals surface area contributed by atoms with Crippen LogP contribution in [0, 0.1) is 11.8 Å². The van der Waals surface area contributed by atoms with Gasteiger partial charge in [0.1, 0.15) is 0 Å². The maximum Gasteiger partial charge on any atom is 0.0247 e. The van der Waals surface area contributed by atoms with E-state index in [0.29, 0.717) is 12.1 Å². The van der Waals surface area contributed by atoms with Gasteiger partial charge in [0.25, 0.3) is 0 Å². The number of nitrogens with zero attached hydrogens (tertiary/aromatic N) is 1. The van der Waals surface area contributed by atoms with Crippen LogP contribution in [0.4, 0.5) is 0 Å². The van der Waals surface area contributed by atoms with E-state index < -0.39 is 0 Å². The van der Waals surface area contributed by atoms with Gasteiger partial charge >= 0.3 is 0 Å². The minimum Gasteiger partial charge on any atom is -0.311 e. The lowest BCUT2D eigenvalue weighted by Gasteiger charge is -2.44. The number of hydrogen-bond donors (Lipinski definition) is 1. The molecule has 1 aliphatic heterocycles. The lowest BCUT2D eigenvalue weighted by Crippen LogP contribution is -2.60. The van der Waals surface area contributed by atoms with Crippen molar-refractivity contribution in [2.24, 2.45) is 11.8 Å². The van der Waals surface area contributed by atoms with Gasteiger partial charge in [-0.25, -0.2) is 0 Å². The molecule has 1 saturated heterocycles. The average molecular weight is 309 g/mol. The third-order valence-corrected chi connectivity index (χ3v) is 6.12. The first-order valence-corrected chi connectivity index (χ1v) is 9.58. The van der Waals surface area contributed by atoms with Crippen LogP contribution in [0.25, 0.3) is 0 Å². The zero-order valence-corrected chi connectivity index (χ0v) is 15.0. The summed E-state index contributed by atoms with van der Waals surface area (Å²) in [6.45, 7) is 13.0. The molecule has 0 aromatic carbocycles. The molecule has 0 bridgehead atoms. The lowest BCUT2D eigenvalue weighted by atomic mass is 9.90. The van der Waals surface area contributed by atoms with E-state index >= 15 is 0 Å². The van der Waals surface area contributed by atoms with Crippen molar-refractivity contribution >= 4 is 11.3 Å². The van der Waals surface area contributed by atoms with Crippen LogP contribution in [-0.2, 0) is 6.42 Å². The van der Waals surface area contributed by atoms with Crippen LogP contribution >= 0.6 is 11.3 Å². The van der Waals surface area contributed by atoms with Gasteiger partial charge in [0.2, 0.25) is 0 Å². The van der Waals surface area contributed by atoms with Crippen molar-refractivity contribution < 1.29 is 0 Å². The summed E-state index contributed by atoms with van der Waals surface area (Å²) < 4.78 is 0. The van der Waals surface area contributed by atoms with Crippen molar-refractivity contribution in [2.75, 3.05) is 19.6 Å². The molecule has 0 saturated carbocycles. The first-order valence-electron chi connectivity index (χ1n) is 8.64. The number of piperazine rings is 1. The molecule has 0 spiro atoms. The van der Waals surface area contributed by atoms with Crippen LogP contribution in [0.3, 0.4) is 0 Å². The minimum atomic E-state index is 0.665. The summed E-state index contributed by atoms with van der Waals surface area (Å²) in [7, 11) is 0. The summed E-state index contributed by atoms with van der Waals surface area (Å²) in [6.07, 6.45) is 3.74. The molecule has 1 aliphatic rings. The predicted molar refractivity (Wildman–Crippen MR) is 94.1 cm³/mol. The topological polar surface area (TPSA) is 15.3 Å². The van der Waals surface area contributed by atoms with Gasteiger partial charge in [0, 0.05) is 31.7 Å². The van der Waals surface area contributed by atoms with Crippen molar-refractivity contribution in [1.29, 1.82) is 0 Å². The summed E-state index contributed by atoms with van der Waals surface area (Å²) in [4.78, 5) is 2.76. The molecule has 0 amide bonds. The second-order valence-corrected chi connectivity index (χ2v) is 7.51. The molecule has 0 radical (unpaired) electrons. The second-order valence-electron chi connectivity index (χ2n) is 6.73. The van der Waals surface area contributed by atoms with Crippen molar-refractivity contribution in [3.05, 3.63) is 22.4 Å². The van der Waals surface area contributed by atoms with E-state index in [-0.39, 0.29) is 0 Å². The summed E-state index contributed by atoms with van der Waals surface area (Å²) in [5.74, 6) is 1.55. The fourth-order valence-corrected chi connectivity index (χ4v) is 4.02. The molecule has 3 heteroatoms. The smallest absolute Gasteiger partial charge is 0.0247 e. The highest BCUT2D eigenvalue weighted by molar-refractivity contribution is 7.07. The van der Waals surface area contributed by atoms with Crippen LogP contribution in [0.2, 0.25) is 0 Å². The van der Waals surface area contributed by atoms with Gasteiger partial charge < -0.3 is 5.32 Å². The minimum absolute atomic E-state index is 0.665. The van der Waals surface area contributed by atoms with Crippen molar-refractivity contribution in [3.8, 4) is 0 Å². The van der Waals surface area contributed by atoms with Crippen LogP contribution < -0.4 is 5.32 Å². The largest absolute Gasteiger partial charge is 0.311 e. The van der Waals surface area contributed by atoms with Crippen LogP contribution in [-0.4, -0.2) is 36.6 Å². The normalized spacial score (nSPS) is 26.7. The molecule has 4 atom stereocenters. The highest BCUT2D eigenvalue weighted by Crippen LogP contribution is 2.22. The summed E-state index contributed by atoms with van der Waals surface area (Å²) >= 11 is 1.82. The van der Waals surface area contributed by atoms with Gasteiger partial charge in [-0.05, 0) is 40.6 Å². The summed E-state index contributed by atoms with van der Waals surface area (Å²) in [6, 6.07) is 3.64. The summed E-state index contributed by atoms with van der Waals surface area (Å²) in [5.41, 5.74) is 1.50. The zero-order valence-electron chi connectivity index (χ0n) is 14.1. The Balaban J connectivity index is 1.98. The average Bonchev–Trinajstić information content (AvgIpc) is 3.04. The van der Waals surface area contributed by atoms with Crippen molar-refractivity contribution in [2.45, 2.75) is 59.0 Å². The van der Waals surface area contributed by atoms with Gasteiger partial charge in [-0.15, -0.1) is 0 Å². The quantitative estimate of drug-likeness (QED) is 0.818. The van der Waals surface area contributed by atoms with Crippen LogP contribution in [0.1, 0.15) is 46.1 Å². The van der Waals surface area contributed by atoms with Crippen LogP contribution in [0.15, 0.2) is 16.8 Å². The molecule has 2 nitrogen and oxygen atoms in total. The highest BCUT2D eigenvalue weighted by atomic mass is 32.1. The maximum absolute atomic E-state index is 3.82. The molecular weight excluding hydrogens is 276 g/mol. The fourth-order valence-electron chi connectivity index (χ4n) is 3.32. The van der Waals surface area contributed by atoms with Gasteiger partial charge in [0.05, 0.1) is 0 Å². The second kappa shape index (κ2) is 8.30. The van der Waals surface area contributed by atoms with E-state index in [9.17, 15) is 0 Å². The zero-order chi connectivity index (χ0) is 15.2. The Morgan fingerprint density at radius 1 is 1.29 bits per heavy atom. The van der Waals surface area contributed by atoms with E-state index in [1.54, 1.807) is 0 Å². The van der Waals surface area contributed by atoms with E-state index in [1.807, 2.05) is 11.3 Å². The molecule has 21 heavy (non-hydrogen) atoms. The molecule has 1 aromatic heterocycles. The molecule has 1 N–H and O–H groups in total. The fraction of sp³-hybridized carbons (Fsp3) is 0.778. The van der Waals surface area contributed by atoms with E-state index in [1.165, 1.54) is 37.9 Å². The van der Waals surface area contributed by atoms with E-state index in [0.717, 1.165) is 18.4 Å². The molecule has 0 aliphatic carbocycles. The van der Waals surface area contributed by atoms with Crippen LogP contribution in [0.5, 0.6) is 0 Å². The predicted octanol–water partition coefficient (Wildman–Crippen LogP) is 4.03. The molecule has 2 rings (SSSR count). The Hall–Kier alpha value is -0.380. The molecule has 4 unspecified atom stereocenters. The molecule has 120 valence electrons. The maximum atomic E-state index is 3.82. The monoisotopic (exact) mass is 308 g/mol. The number of rotatable bonds is 7. The molecule has 2 heterocycles. The third kappa shape index (κ3) is 4.54. The third-order valence-electron chi connectivity index (χ3n) is 5.39. The van der Waals surface area contributed by atoms with Gasteiger partial charge in [0.15, 0.2) is 0 Å². The first-order chi connectivity index (χ1) is 10.2. The Morgan fingerprint density at radius 3 is 2.67 bits per heavy atom. The SMILES string of the molecule is CCC(C)C1CN(CCc2ccsc2)C(C(C)CC)CN1. The molecule has 1 fully saturated rings. The van der Waals surface area contributed by atoms with Crippen molar-refractivity contribution in [1.82, 2.24) is 10.2 Å². The lowest BCUT2D eigenvalue weighted by molar-refractivity contribution is 0.0770. The number of thiophene rings is 1. The Labute approximate surface area is 134 Å². The number of hydrogen-bond acceptors (Lipinski definition) is 3. The van der Waals surface area contributed by atoms with E-state index in [4.69, 9.17) is 0 Å².